The van der Waals surface area contributed by atoms with Gasteiger partial charge in [-0.15, -0.1) is 0 Å². The molecule has 2 aromatic rings. The topological polar surface area (TPSA) is 49.4 Å². The lowest BCUT2D eigenvalue weighted by Crippen LogP contribution is -2.62. The van der Waals surface area contributed by atoms with Gasteiger partial charge in [0.1, 0.15) is 0 Å². The minimum atomic E-state index is -0.876. The Kier molecular flexibility index (Phi) is 2.66. The summed E-state index contributed by atoms with van der Waals surface area (Å²) in [6.07, 6.45) is 3.78. The average molecular weight is 290 g/mol. The highest BCUT2D eigenvalue weighted by Gasteiger charge is 2.60. The van der Waals surface area contributed by atoms with Gasteiger partial charge in [0.05, 0.1) is 6.42 Å². The third kappa shape index (κ3) is 1.64. The molecule has 1 spiro atoms. The molecule has 0 aromatic heterocycles. The molecule has 1 fully saturated rings. The van der Waals surface area contributed by atoms with E-state index in [4.69, 9.17) is 0 Å². The fourth-order valence-electron chi connectivity index (χ4n) is 3.16. The quantitative estimate of drug-likeness (QED) is 0.865. The number of para-hydroxylation sites is 1. The lowest BCUT2D eigenvalue weighted by atomic mass is 9.79. The molecule has 4 rings (SSSR count). The number of β-lactam (4-membered cyclic amide) rings is 1. The SMILES string of the molecule is O=C1CC2(C(=O)Nc3ccccc32)N1/C=C/c1ccccc1. The zero-order chi connectivity index (χ0) is 15.2. The molecule has 0 radical (unpaired) electrons. The maximum Gasteiger partial charge on any atom is 0.256 e. The predicted molar refractivity (Wildman–Crippen MR) is 83.7 cm³/mol. The third-order valence-corrected chi connectivity index (χ3v) is 4.30. The van der Waals surface area contributed by atoms with E-state index < -0.39 is 5.54 Å². The Morgan fingerprint density at radius 3 is 2.50 bits per heavy atom. The lowest BCUT2D eigenvalue weighted by Gasteiger charge is -2.46. The summed E-state index contributed by atoms with van der Waals surface area (Å²) in [4.78, 5) is 26.1. The minimum Gasteiger partial charge on any atom is -0.323 e. The Balaban J connectivity index is 1.73. The smallest absolute Gasteiger partial charge is 0.256 e. The van der Waals surface area contributed by atoms with Crippen LogP contribution in [0.1, 0.15) is 17.5 Å². The fraction of sp³-hybridized carbons (Fsp3) is 0.111. The molecule has 4 heteroatoms. The van der Waals surface area contributed by atoms with Crippen molar-refractivity contribution in [3.8, 4) is 0 Å². The molecule has 2 aromatic carbocycles. The number of hydrogen-bond acceptors (Lipinski definition) is 2. The molecule has 1 saturated heterocycles. The van der Waals surface area contributed by atoms with Crippen LogP contribution in [0.3, 0.4) is 0 Å². The molecular formula is C18H14N2O2. The Morgan fingerprint density at radius 2 is 1.73 bits per heavy atom. The molecule has 2 amide bonds. The number of carbonyl (C=O) groups excluding carboxylic acids is 2. The number of likely N-dealkylation sites (tertiary alicyclic amines) is 1. The van der Waals surface area contributed by atoms with Crippen LogP contribution in [0.25, 0.3) is 6.08 Å². The molecule has 1 N–H and O–H groups in total. The second-order valence-electron chi connectivity index (χ2n) is 5.53. The van der Waals surface area contributed by atoms with Crippen LogP contribution in [0.15, 0.2) is 60.8 Å². The molecule has 0 bridgehead atoms. The number of amides is 2. The molecule has 0 saturated carbocycles. The standard InChI is InChI=1S/C18H14N2O2/c21-16-12-18(14-8-4-5-9-15(14)19-17(18)22)20(16)11-10-13-6-2-1-3-7-13/h1-11H,12H2,(H,19,22)/b11-10+. The van der Waals surface area contributed by atoms with Gasteiger partial charge in [-0.1, -0.05) is 48.5 Å². The summed E-state index contributed by atoms with van der Waals surface area (Å²) in [5.74, 6) is -0.176. The van der Waals surface area contributed by atoms with Crippen LogP contribution in [0.4, 0.5) is 5.69 Å². The van der Waals surface area contributed by atoms with Crippen molar-refractivity contribution in [2.24, 2.45) is 0 Å². The van der Waals surface area contributed by atoms with E-state index in [2.05, 4.69) is 5.32 Å². The predicted octanol–water partition coefficient (Wildman–Crippen LogP) is 2.74. The second-order valence-corrected chi connectivity index (χ2v) is 5.53. The summed E-state index contributed by atoms with van der Waals surface area (Å²) >= 11 is 0. The van der Waals surface area contributed by atoms with Crippen molar-refractivity contribution in [2.75, 3.05) is 5.32 Å². The van der Waals surface area contributed by atoms with Gasteiger partial charge >= 0.3 is 0 Å². The zero-order valence-corrected chi connectivity index (χ0v) is 11.8. The molecule has 1 unspecified atom stereocenters. The average Bonchev–Trinajstić information content (AvgIpc) is 2.83. The summed E-state index contributed by atoms with van der Waals surface area (Å²) in [6.45, 7) is 0. The van der Waals surface area contributed by atoms with Crippen molar-refractivity contribution in [3.05, 3.63) is 71.9 Å². The zero-order valence-electron chi connectivity index (χ0n) is 11.8. The molecule has 2 aliphatic rings. The van der Waals surface area contributed by atoms with Crippen LogP contribution in [0.2, 0.25) is 0 Å². The molecule has 2 aliphatic heterocycles. The summed E-state index contributed by atoms with van der Waals surface area (Å²) in [7, 11) is 0. The van der Waals surface area contributed by atoms with Crippen LogP contribution in [0, 0.1) is 0 Å². The third-order valence-electron chi connectivity index (χ3n) is 4.30. The molecule has 0 aliphatic carbocycles. The normalized spacial score (nSPS) is 22.8. The van der Waals surface area contributed by atoms with Gasteiger partial charge in [0.25, 0.3) is 5.91 Å². The van der Waals surface area contributed by atoms with Crippen LogP contribution >= 0.6 is 0 Å². The summed E-state index contributed by atoms with van der Waals surface area (Å²) < 4.78 is 0. The highest BCUT2D eigenvalue weighted by molar-refractivity contribution is 6.13. The largest absolute Gasteiger partial charge is 0.323 e. The number of carbonyl (C=O) groups is 2. The first-order valence-electron chi connectivity index (χ1n) is 7.18. The number of nitrogens with zero attached hydrogens (tertiary/aromatic N) is 1. The van der Waals surface area contributed by atoms with E-state index in [0.29, 0.717) is 0 Å². The van der Waals surface area contributed by atoms with Gasteiger partial charge in [-0.05, 0) is 17.7 Å². The summed E-state index contributed by atoms with van der Waals surface area (Å²) in [5.41, 5.74) is 1.78. The summed E-state index contributed by atoms with van der Waals surface area (Å²) in [6, 6.07) is 17.3. The van der Waals surface area contributed by atoms with Gasteiger partial charge in [0.15, 0.2) is 5.54 Å². The van der Waals surface area contributed by atoms with Gasteiger partial charge in [0.2, 0.25) is 5.91 Å². The van der Waals surface area contributed by atoms with Gasteiger partial charge in [-0.3, -0.25) is 14.5 Å². The maximum atomic E-state index is 12.5. The van der Waals surface area contributed by atoms with Crippen molar-refractivity contribution < 1.29 is 9.59 Å². The van der Waals surface area contributed by atoms with Gasteiger partial charge in [-0.2, -0.15) is 0 Å². The molecule has 22 heavy (non-hydrogen) atoms. The minimum absolute atomic E-state index is 0.0426. The van der Waals surface area contributed by atoms with Crippen LogP contribution in [-0.4, -0.2) is 16.7 Å². The number of fused-ring (bicyclic) bond motifs is 2. The first kappa shape index (κ1) is 12.8. The number of anilines is 1. The Morgan fingerprint density at radius 1 is 1.00 bits per heavy atom. The van der Waals surface area contributed by atoms with Crippen molar-refractivity contribution in [1.29, 1.82) is 0 Å². The second kappa shape index (κ2) is 4.56. The van der Waals surface area contributed by atoms with Crippen LogP contribution in [-0.2, 0) is 15.1 Å². The van der Waals surface area contributed by atoms with E-state index in [1.54, 1.807) is 11.1 Å². The van der Waals surface area contributed by atoms with Crippen molar-refractivity contribution in [3.63, 3.8) is 0 Å². The first-order chi connectivity index (χ1) is 10.7. The van der Waals surface area contributed by atoms with E-state index in [9.17, 15) is 9.59 Å². The van der Waals surface area contributed by atoms with E-state index in [-0.39, 0.29) is 18.2 Å². The van der Waals surface area contributed by atoms with Crippen molar-refractivity contribution in [2.45, 2.75) is 12.0 Å². The monoisotopic (exact) mass is 290 g/mol. The lowest BCUT2D eigenvalue weighted by molar-refractivity contribution is -0.158. The van der Waals surface area contributed by atoms with Crippen molar-refractivity contribution in [1.82, 2.24) is 4.90 Å². The molecule has 1 atom stereocenters. The Hall–Kier alpha value is -2.88. The van der Waals surface area contributed by atoms with E-state index >= 15 is 0 Å². The van der Waals surface area contributed by atoms with Crippen molar-refractivity contribution >= 4 is 23.6 Å². The van der Waals surface area contributed by atoms with Gasteiger partial charge in [-0.25, -0.2) is 0 Å². The Bertz CT molecular complexity index is 798. The first-order valence-corrected chi connectivity index (χ1v) is 7.18. The van der Waals surface area contributed by atoms with E-state index in [1.165, 1.54) is 0 Å². The molecule has 108 valence electrons. The molecular weight excluding hydrogens is 276 g/mol. The number of nitrogens with one attached hydrogen (secondary N) is 1. The fourth-order valence-corrected chi connectivity index (χ4v) is 3.16. The highest BCUT2D eigenvalue weighted by Crippen LogP contribution is 2.49. The van der Waals surface area contributed by atoms with Gasteiger partial charge < -0.3 is 5.32 Å². The highest BCUT2D eigenvalue weighted by atomic mass is 16.2. The van der Waals surface area contributed by atoms with E-state index in [0.717, 1.165) is 16.8 Å². The maximum absolute atomic E-state index is 12.5. The van der Waals surface area contributed by atoms with E-state index in [1.807, 2.05) is 60.7 Å². The summed E-state index contributed by atoms with van der Waals surface area (Å²) in [5, 5.41) is 2.87. The molecule has 4 nitrogen and oxygen atoms in total. The molecule has 2 heterocycles. The van der Waals surface area contributed by atoms with Crippen LogP contribution in [0.5, 0.6) is 0 Å². The number of benzene rings is 2. The number of rotatable bonds is 2. The Labute approximate surface area is 128 Å². The van der Waals surface area contributed by atoms with Gasteiger partial charge in [0, 0.05) is 17.5 Å². The number of hydrogen-bond donors (Lipinski definition) is 1. The van der Waals surface area contributed by atoms with Crippen LogP contribution < -0.4 is 5.32 Å².